The highest BCUT2D eigenvalue weighted by atomic mass is 35.5. The van der Waals surface area contributed by atoms with Gasteiger partial charge in [-0.25, -0.2) is 0 Å². The summed E-state index contributed by atoms with van der Waals surface area (Å²) in [6, 6.07) is 11.4. The third-order valence-electron chi connectivity index (χ3n) is 2.70. The molecule has 0 spiro atoms. The van der Waals surface area contributed by atoms with Crippen LogP contribution in [0.3, 0.4) is 0 Å². The molecule has 19 heavy (non-hydrogen) atoms. The molecule has 0 bridgehead atoms. The van der Waals surface area contributed by atoms with Crippen LogP contribution in [0.1, 0.15) is 4.88 Å². The highest BCUT2D eigenvalue weighted by molar-refractivity contribution is 7.09. The number of hydrogen-bond donors (Lipinski definition) is 1. The van der Waals surface area contributed by atoms with Crippen LogP contribution in [0.25, 0.3) is 0 Å². The van der Waals surface area contributed by atoms with Crippen molar-refractivity contribution in [2.45, 2.75) is 6.54 Å². The van der Waals surface area contributed by atoms with Crippen LogP contribution < -0.4 is 5.32 Å². The average molecular weight is 295 g/mol. The number of halogens is 1. The van der Waals surface area contributed by atoms with Crippen molar-refractivity contribution in [3.05, 3.63) is 51.7 Å². The van der Waals surface area contributed by atoms with Gasteiger partial charge in [0.15, 0.2) is 0 Å². The van der Waals surface area contributed by atoms with E-state index in [9.17, 15) is 4.79 Å². The molecular weight excluding hydrogens is 280 g/mol. The predicted octanol–water partition coefficient (Wildman–Crippen LogP) is 3.47. The first-order chi connectivity index (χ1) is 9.16. The first-order valence-electron chi connectivity index (χ1n) is 5.91. The van der Waals surface area contributed by atoms with Crippen molar-refractivity contribution >= 4 is 34.5 Å². The molecule has 100 valence electrons. The second-order valence-electron chi connectivity index (χ2n) is 4.16. The Labute approximate surface area is 121 Å². The Kier molecular flexibility index (Phi) is 4.82. The van der Waals surface area contributed by atoms with E-state index in [1.165, 1.54) is 4.88 Å². The van der Waals surface area contributed by atoms with Crippen molar-refractivity contribution in [2.75, 3.05) is 18.9 Å². The lowest BCUT2D eigenvalue weighted by Crippen LogP contribution is -2.31. The Morgan fingerprint density at radius 1 is 1.32 bits per heavy atom. The van der Waals surface area contributed by atoms with Gasteiger partial charge in [-0.1, -0.05) is 29.8 Å². The summed E-state index contributed by atoms with van der Waals surface area (Å²) < 4.78 is 0. The van der Waals surface area contributed by atoms with Gasteiger partial charge in [0.25, 0.3) is 0 Å². The second-order valence-corrected chi connectivity index (χ2v) is 5.60. The van der Waals surface area contributed by atoms with Crippen LogP contribution in [0.4, 0.5) is 5.69 Å². The molecule has 1 heterocycles. The quantitative estimate of drug-likeness (QED) is 0.916. The molecule has 1 N–H and O–H groups in total. The SMILES string of the molecule is CN(Cc1cccs1)C(=O)CNc1ccccc1Cl. The topological polar surface area (TPSA) is 32.3 Å². The standard InChI is InChI=1S/C14H15ClN2OS/c1-17(10-11-5-4-8-19-11)14(18)9-16-13-7-3-2-6-12(13)15/h2-8,16H,9-10H2,1H3. The summed E-state index contributed by atoms with van der Waals surface area (Å²) in [4.78, 5) is 14.9. The second kappa shape index (κ2) is 6.59. The number of carbonyl (C=O) groups excluding carboxylic acids is 1. The predicted molar refractivity (Wildman–Crippen MR) is 80.7 cm³/mol. The zero-order valence-electron chi connectivity index (χ0n) is 10.6. The summed E-state index contributed by atoms with van der Waals surface area (Å²) in [5, 5.41) is 5.68. The molecule has 1 aromatic carbocycles. The Morgan fingerprint density at radius 3 is 2.79 bits per heavy atom. The number of benzene rings is 1. The van der Waals surface area contributed by atoms with Crippen molar-refractivity contribution in [2.24, 2.45) is 0 Å². The highest BCUT2D eigenvalue weighted by Crippen LogP contribution is 2.20. The van der Waals surface area contributed by atoms with Crippen molar-refractivity contribution in [3.8, 4) is 0 Å². The van der Waals surface area contributed by atoms with Crippen LogP contribution >= 0.6 is 22.9 Å². The van der Waals surface area contributed by atoms with E-state index in [1.807, 2.05) is 35.7 Å². The molecule has 1 amide bonds. The van der Waals surface area contributed by atoms with Crippen LogP contribution in [0.5, 0.6) is 0 Å². The minimum absolute atomic E-state index is 0.0355. The smallest absolute Gasteiger partial charge is 0.241 e. The monoisotopic (exact) mass is 294 g/mol. The summed E-state index contributed by atoms with van der Waals surface area (Å²) in [6.45, 7) is 0.881. The van der Waals surface area contributed by atoms with E-state index in [-0.39, 0.29) is 12.5 Å². The molecule has 2 aromatic rings. The van der Waals surface area contributed by atoms with Crippen molar-refractivity contribution in [1.29, 1.82) is 0 Å². The van der Waals surface area contributed by atoms with Crippen LogP contribution in [0.2, 0.25) is 5.02 Å². The van der Waals surface area contributed by atoms with Crippen LogP contribution in [0, 0.1) is 0 Å². The molecule has 0 atom stereocenters. The number of amides is 1. The Morgan fingerprint density at radius 2 is 2.11 bits per heavy atom. The molecule has 0 unspecified atom stereocenters. The number of hydrogen-bond acceptors (Lipinski definition) is 3. The number of carbonyl (C=O) groups is 1. The third kappa shape index (κ3) is 3.98. The number of anilines is 1. The van der Waals surface area contributed by atoms with E-state index in [4.69, 9.17) is 11.6 Å². The molecular formula is C14H15ClN2OS. The maximum absolute atomic E-state index is 12.0. The molecule has 3 nitrogen and oxygen atoms in total. The van der Waals surface area contributed by atoms with Crippen LogP contribution in [0.15, 0.2) is 41.8 Å². The molecule has 1 aromatic heterocycles. The van der Waals surface area contributed by atoms with Gasteiger partial charge in [-0.05, 0) is 23.6 Å². The first-order valence-corrected chi connectivity index (χ1v) is 7.17. The van der Waals surface area contributed by atoms with Gasteiger partial charge < -0.3 is 10.2 Å². The van der Waals surface area contributed by atoms with Crippen LogP contribution in [-0.2, 0) is 11.3 Å². The van der Waals surface area contributed by atoms with Crippen LogP contribution in [-0.4, -0.2) is 24.4 Å². The number of thiophene rings is 1. The lowest BCUT2D eigenvalue weighted by molar-refractivity contribution is -0.128. The fourth-order valence-corrected chi connectivity index (χ4v) is 2.59. The van der Waals surface area contributed by atoms with Crippen molar-refractivity contribution < 1.29 is 4.79 Å². The largest absolute Gasteiger partial charge is 0.375 e. The van der Waals surface area contributed by atoms with Gasteiger partial charge >= 0.3 is 0 Å². The molecule has 2 rings (SSSR count). The van der Waals surface area contributed by atoms with E-state index in [2.05, 4.69) is 5.32 Å². The molecule has 0 aliphatic carbocycles. The Hall–Kier alpha value is -1.52. The lowest BCUT2D eigenvalue weighted by Gasteiger charge is -2.17. The summed E-state index contributed by atoms with van der Waals surface area (Å²) in [5.74, 6) is 0.0355. The summed E-state index contributed by atoms with van der Waals surface area (Å²) in [7, 11) is 1.80. The van der Waals surface area contributed by atoms with Gasteiger partial charge in [0, 0.05) is 11.9 Å². The minimum Gasteiger partial charge on any atom is -0.375 e. The van der Waals surface area contributed by atoms with E-state index in [0.29, 0.717) is 11.6 Å². The number of para-hydroxylation sites is 1. The lowest BCUT2D eigenvalue weighted by atomic mass is 10.3. The fourth-order valence-electron chi connectivity index (χ4n) is 1.63. The normalized spacial score (nSPS) is 10.2. The molecule has 0 radical (unpaired) electrons. The fraction of sp³-hybridized carbons (Fsp3) is 0.214. The molecule has 5 heteroatoms. The van der Waals surface area contributed by atoms with Gasteiger partial charge in [-0.3, -0.25) is 4.79 Å². The van der Waals surface area contributed by atoms with E-state index >= 15 is 0 Å². The molecule has 0 saturated heterocycles. The van der Waals surface area contributed by atoms with Gasteiger partial charge in [0.05, 0.1) is 23.8 Å². The van der Waals surface area contributed by atoms with E-state index in [1.54, 1.807) is 29.4 Å². The summed E-state index contributed by atoms with van der Waals surface area (Å²) in [5.41, 5.74) is 0.780. The van der Waals surface area contributed by atoms with E-state index in [0.717, 1.165) is 5.69 Å². The first kappa shape index (κ1) is 13.9. The number of nitrogens with one attached hydrogen (secondary N) is 1. The van der Waals surface area contributed by atoms with Gasteiger partial charge in [0.2, 0.25) is 5.91 Å². The number of nitrogens with zero attached hydrogens (tertiary/aromatic N) is 1. The van der Waals surface area contributed by atoms with Crippen molar-refractivity contribution in [3.63, 3.8) is 0 Å². The molecule has 0 saturated carbocycles. The average Bonchev–Trinajstić information content (AvgIpc) is 2.90. The van der Waals surface area contributed by atoms with Crippen molar-refractivity contribution in [1.82, 2.24) is 4.90 Å². The van der Waals surface area contributed by atoms with Gasteiger partial charge in [0.1, 0.15) is 0 Å². The minimum atomic E-state index is 0.0355. The number of rotatable bonds is 5. The van der Waals surface area contributed by atoms with E-state index < -0.39 is 0 Å². The Bertz CT molecular complexity index is 542. The summed E-state index contributed by atoms with van der Waals surface area (Å²) in [6.07, 6.45) is 0. The zero-order chi connectivity index (χ0) is 13.7. The van der Waals surface area contributed by atoms with Gasteiger partial charge in [-0.2, -0.15) is 0 Å². The molecule has 0 aliphatic rings. The maximum atomic E-state index is 12.0. The summed E-state index contributed by atoms with van der Waals surface area (Å²) >= 11 is 7.67. The van der Waals surface area contributed by atoms with Gasteiger partial charge in [-0.15, -0.1) is 11.3 Å². The zero-order valence-corrected chi connectivity index (χ0v) is 12.2. The molecule has 0 fully saturated rings. The highest BCUT2D eigenvalue weighted by Gasteiger charge is 2.10. The number of likely N-dealkylation sites (N-methyl/N-ethyl adjacent to an activating group) is 1. The molecule has 0 aliphatic heterocycles. The maximum Gasteiger partial charge on any atom is 0.241 e. The third-order valence-corrected chi connectivity index (χ3v) is 3.89. The Balaban J connectivity index is 1.86.